The first kappa shape index (κ1) is 10.5. The van der Waals surface area contributed by atoms with Gasteiger partial charge in [0.15, 0.2) is 0 Å². The third-order valence-electron chi connectivity index (χ3n) is 3.39. The van der Waals surface area contributed by atoms with Crippen LogP contribution in [0, 0.1) is 5.82 Å². The number of para-hydroxylation sites is 1. The summed E-state index contributed by atoms with van der Waals surface area (Å²) < 4.78 is 13.9. The fraction of sp³-hybridized carbons (Fsp3) is 0.417. The number of fused-ring (bicyclic) bond motifs is 3. The van der Waals surface area contributed by atoms with E-state index in [0.29, 0.717) is 12.2 Å². The molecule has 17 heavy (non-hydrogen) atoms. The summed E-state index contributed by atoms with van der Waals surface area (Å²) in [4.78, 5) is 15.5. The standard InChI is InChI=1S/C12H14FN3O/c1-15-7-8-5-14-6-11(17)16(8)12-9(13)3-2-4-10(12)15/h2-4,8,14H,5-7H2,1H3. The largest absolute Gasteiger partial charge is 0.371 e. The number of hydrogen-bond acceptors (Lipinski definition) is 3. The number of carbonyl (C=O) groups excluding carboxylic acids is 1. The maximum absolute atomic E-state index is 13.9. The summed E-state index contributed by atoms with van der Waals surface area (Å²) in [5.74, 6) is -0.380. The van der Waals surface area contributed by atoms with Crippen molar-refractivity contribution < 1.29 is 9.18 Å². The smallest absolute Gasteiger partial charge is 0.241 e. The van der Waals surface area contributed by atoms with Crippen molar-refractivity contribution in [2.45, 2.75) is 6.04 Å². The molecule has 1 fully saturated rings. The van der Waals surface area contributed by atoms with E-state index in [4.69, 9.17) is 0 Å². The van der Waals surface area contributed by atoms with Gasteiger partial charge in [-0.2, -0.15) is 0 Å². The summed E-state index contributed by atoms with van der Waals surface area (Å²) in [6.07, 6.45) is 0. The molecule has 1 amide bonds. The van der Waals surface area contributed by atoms with Crippen LogP contribution < -0.4 is 15.1 Å². The van der Waals surface area contributed by atoms with Gasteiger partial charge in [-0.05, 0) is 12.1 Å². The summed E-state index contributed by atoms with van der Waals surface area (Å²) in [7, 11) is 1.93. The van der Waals surface area contributed by atoms with Crippen molar-refractivity contribution in [1.29, 1.82) is 0 Å². The number of amides is 1. The monoisotopic (exact) mass is 235 g/mol. The molecule has 1 aromatic carbocycles. The molecule has 1 unspecified atom stereocenters. The number of halogens is 1. The van der Waals surface area contributed by atoms with Crippen LogP contribution in [-0.4, -0.2) is 38.6 Å². The molecule has 5 heteroatoms. The zero-order valence-corrected chi connectivity index (χ0v) is 9.61. The van der Waals surface area contributed by atoms with Crippen LogP contribution in [0.1, 0.15) is 0 Å². The lowest BCUT2D eigenvalue weighted by Crippen LogP contribution is -2.61. The van der Waals surface area contributed by atoms with Gasteiger partial charge >= 0.3 is 0 Å². The van der Waals surface area contributed by atoms with Gasteiger partial charge in [0, 0.05) is 20.1 Å². The molecule has 1 saturated heterocycles. The molecule has 2 aliphatic heterocycles. The van der Waals surface area contributed by atoms with Gasteiger partial charge < -0.3 is 15.1 Å². The fourth-order valence-corrected chi connectivity index (χ4v) is 2.64. The van der Waals surface area contributed by atoms with Crippen molar-refractivity contribution in [3.8, 4) is 0 Å². The number of anilines is 2. The first-order valence-corrected chi connectivity index (χ1v) is 5.71. The molecule has 2 heterocycles. The van der Waals surface area contributed by atoms with E-state index in [1.165, 1.54) is 6.07 Å². The van der Waals surface area contributed by atoms with Gasteiger partial charge in [-0.15, -0.1) is 0 Å². The molecule has 1 N–H and O–H groups in total. The highest BCUT2D eigenvalue weighted by Crippen LogP contribution is 2.37. The Labute approximate surface area is 99.0 Å². The molecule has 1 atom stereocenters. The van der Waals surface area contributed by atoms with E-state index in [1.807, 2.05) is 18.0 Å². The number of likely N-dealkylation sites (N-methyl/N-ethyl adjacent to an activating group) is 1. The van der Waals surface area contributed by atoms with Crippen LogP contribution in [0.15, 0.2) is 18.2 Å². The molecule has 2 aliphatic rings. The Kier molecular flexibility index (Phi) is 2.29. The second kappa shape index (κ2) is 3.70. The minimum absolute atomic E-state index is 0.0191. The molecule has 0 radical (unpaired) electrons. The van der Waals surface area contributed by atoms with Crippen LogP contribution in [0.4, 0.5) is 15.8 Å². The van der Waals surface area contributed by atoms with E-state index in [2.05, 4.69) is 5.32 Å². The SMILES string of the molecule is CN1CC2CNCC(=O)N2c2c(F)cccc21. The number of carbonyl (C=O) groups is 1. The van der Waals surface area contributed by atoms with E-state index in [-0.39, 0.29) is 24.3 Å². The molecule has 1 aromatic rings. The van der Waals surface area contributed by atoms with Crippen LogP contribution in [0.3, 0.4) is 0 Å². The first-order valence-electron chi connectivity index (χ1n) is 5.71. The zero-order valence-electron chi connectivity index (χ0n) is 9.61. The Morgan fingerprint density at radius 3 is 3.12 bits per heavy atom. The minimum atomic E-state index is -0.325. The van der Waals surface area contributed by atoms with Crippen molar-refractivity contribution in [3.05, 3.63) is 24.0 Å². The van der Waals surface area contributed by atoms with Crippen LogP contribution in [0.25, 0.3) is 0 Å². The predicted molar refractivity (Wildman–Crippen MR) is 63.8 cm³/mol. The van der Waals surface area contributed by atoms with E-state index >= 15 is 0 Å². The van der Waals surface area contributed by atoms with Crippen molar-refractivity contribution in [3.63, 3.8) is 0 Å². The van der Waals surface area contributed by atoms with Crippen molar-refractivity contribution >= 4 is 17.3 Å². The van der Waals surface area contributed by atoms with Crippen LogP contribution in [0.2, 0.25) is 0 Å². The highest BCUT2D eigenvalue weighted by Gasteiger charge is 2.37. The highest BCUT2D eigenvalue weighted by molar-refractivity contribution is 6.00. The van der Waals surface area contributed by atoms with Crippen LogP contribution in [0.5, 0.6) is 0 Å². The van der Waals surface area contributed by atoms with E-state index < -0.39 is 0 Å². The molecular weight excluding hydrogens is 221 g/mol. The molecule has 3 rings (SSSR count). The van der Waals surface area contributed by atoms with Gasteiger partial charge in [0.1, 0.15) is 11.5 Å². The molecule has 4 nitrogen and oxygen atoms in total. The molecular formula is C12H14FN3O. The van der Waals surface area contributed by atoms with Gasteiger partial charge in [0.2, 0.25) is 5.91 Å². The molecule has 0 saturated carbocycles. The number of piperazine rings is 1. The lowest BCUT2D eigenvalue weighted by atomic mass is 10.0. The second-order valence-corrected chi connectivity index (χ2v) is 4.54. The van der Waals surface area contributed by atoms with E-state index in [0.717, 1.165) is 12.2 Å². The van der Waals surface area contributed by atoms with Crippen molar-refractivity contribution in [1.82, 2.24) is 5.32 Å². The lowest BCUT2D eigenvalue weighted by Gasteiger charge is -2.44. The van der Waals surface area contributed by atoms with E-state index in [9.17, 15) is 9.18 Å². The second-order valence-electron chi connectivity index (χ2n) is 4.54. The summed E-state index contributed by atoms with van der Waals surface area (Å²) in [5, 5.41) is 3.06. The maximum atomic E-state index is 13.9. The number of nitrogens with zero attached hydrogens (tertiary/aromatic N) is 2. The average molecular weight is 235 g/mol. The third-order valence-corrected chi connectivity index (χ3v) is 3.39. The predicted octanol–water partition coefficient (Wildman–Crippen LogP) is 0.580. The normalized spacial score (nSPS) is 23.4. The molecule has 0 spiro atoms. The van der Waals surface area contributed by atoms with Gasteiger partial charge in [0.05, 0.1) is 18.3 Å². The molecule has 0 aromatic heterocycles. The van der Waals surface area contributed by atoms with Gasteiger partial charge in [-0.25, -0.2) is 4.39 Å². The topological polar surface area (TPSA) is 35.6 Å². The maximum Gasteiger partial charge on any atom is 0.241 e. The first-order chi connectivity index (χ1) is 8.18. The Hall–Kier alpha value is -1.62. The van der Waals surface area contributed by atoms with Gasteiger partial charge in [-0.3, -0.25) is 4.79 Å². The molecule has 0 aliphatic carbocycles. The van der Waals surface area contributed by atoms with Gasteiger partial charge in [0.25, 0.3) is 0 Å². The van der Waals surface area contributed by atoms with E-state index in [1.54, 1.807) is 11.0 Å². The summed E-state index contributed by atoms with van der Waals surface area (Å²) >= 11 is 0. The molecule has 0 bridgehead atoms. The van der Waals surface area contributed by atoms with Crippen molar-refractivity contribution in [2.24, 2.45) is 0 Å². The third kappa shape index (κ3) is 1.50. The Bertz CT molecular complexity index is 477. The zero-order chi connectivity index (χ0) is 12.0. The number of benzene rings is 1. The average Bonchev–Trinajstić information content (AvgIpc) is 2.30. The number of hydrogen-bond donors (Lipinski definition) is 1. The Morgan fingerprint density at radius 1 is 1.47 bits per heavy atom. The van der Waals surface area contributed by atoms with Crippen molar-refractivity contribution in [2.75, 3.05) is 36.5 Å². The number of nitrogens with one attached hydrogen (secondary N) is 1. The Morgan fingerprint density at radius 2 is 2.29 bits per heavy atom. The summed E-state index contributed by atoms with van der Waals surface area (Å²) in [6.45, 7) is 1.73. The fourth-order valence-electron chi connectivity index (χ4n) is 2.64. The Balaban J connectivity index is 2.15. The van der Waals surface area contributed by atoms with Gasteiger partial charge in [-0.1, -0.05) is 6.07 Å². The number of rotatable bonds is 0. The quantitative estimate of drug-likeness (QED) is 0.714. The highest BCUT2D eigenvalue weighted by atomic mass is 19.1. The summed E-state index contributed by atoms with van der Waals surface area (Å²) in [6, 6.07) is 4.96. The summed E-state index contributed by atoms with van der Waals surface area (Å²) in [5.41, 5.74) is 1.22. The van der Waals surface area contributed by atoms with Crippen LogP contribution in [-0.2, 0) is 4.79 Å². The minimum Gasteiger partial charge on any atom is -0.371 e. The lowest BCUT2D eigenvalue weighted by molar-refractivity contribution is -0.119. The van der Waals surface area contributed by atoms with Crippen LogP contribution >= 0.6 is 0 Å². The molecule has 90 valence electrons.